The smallest absolute Gasteiger partial charge is 0.127 e. The van der Waals surface area contributed by atoms with Gasteiger partial charge in [-0.1, -0.05) is 44.9 Å². The zero-order valence-corrected chi connectivity index (χ0v) is 13.5. The van der Waals surface area contributed by atoms with Gasteiger partial charge in [0.2, 0.25) is 0 Å². The average Bonchev–Trinajstić information content (AvgIpc) is 2.52. The van der Waals surface area contributed by atoms with E-state index in [2.05, 4.69) is 37.4 Å². The molecule has 0 saturated heterocycles. The molecule has 0 aromatic heterocycles. The Labute approximate surface area is 129 Å². The predicted molar refractivity (Wildman–Crippen MR) is 87.8 cm³/mol. The number of fused-ring (bicyclic) bond motifs is 1. The third-order valence-electron chi connectivity index (χ3n) is 5.17. The van der Waals surface area contributed by atoms with Crippen molar-refractivity contribution >= 4 is 0 Å². The summed E-state index contributed by atoms with van der Waals surface area (Å²) in [5.41, 5.74) is 2.82. The zero-order chi connectivity index (χ0) is 14.7. The summed E-state index contributed by atoms with van der Waals surface area (Å²) in [5, 5.41) is 3.76. The van der Waals surface area contributed by atoms with Crippen molar-refractivity contribution < 1.29 is 4.74 Å². The molecule has 1 N–H and O–H groups in total. The SMILES string of the molecule is CCNC(c1cccc2c1OCCC2)C1CCCC(C)C1. The van der Waals surface area contributed by atoms with Gasteiger partial charge in [0.05, 0.1) is 6.61 Å². The van der Waals surface area contributed by atoms with Gasteiger partial charge in [0.1, 0.15) is 5.75 Å². The number of rotatable bonds is 4. The highest BCUT2D eigenvalue weighted by Gasteiger charge is 2.30. The third-order valence-corrected chi connectivity index (χ3v) is 5.17. The Morgan fingerprint density at radius 3 is 3.00 bits per heavy atom. The van der Waals surface area contributed by atoms with Crippen LogP contribution in [0.4, 0.5) is 0 Å². The molecule has 2 nitrogen and oxygen atoms in total. The lowest BCUT2D eigenvalue weighted by Gasteiger charge is -2.35. The standard InChI is InChI=1S/C19H29NO/c1-3-20-18(16-9-4-7-14(2)13-16)17-11-5-8-15-10-6-12-21-19(15)17/h5,8,11,14,16,18,20H,3-4,6-7,9-10,12-13H2,1-2H3. The molecule has 2 aliphatic rings. The van der Waals surface area contributed by atoms with Crippen molar-refractivity contribution in [3.05, 3.63) is 29.3 Å². The van der Waals surface area contributed by atoms with E-state index in [1.54, 1.807) is 0 Å². The second-order valence-corrected chi connectivity index (χ2v) is 6.85. The number of para-hydroxylation sites is 1. The lowest BCUT2D eigenvalue weighted by molar-refractivity contribution is 0.216. The second kappa shape index (κ2) is 6.83. The summed E-state index contributed by atoms with van der Waals surface area (Å²) in [6, 6.07) is 7.21. The quantitative estimate of drug-likeness (QED) is 0.881. The van der Waals surface area contributed by atoms with Crippen molar-refractivity contribution in [2.45, 2.75) is 58.4 Å². The van der Waals surface area contributed by atoms with Crippen molar-refractivity contribution in [1.82, 2.24) is 5.32 Å². The first-order valence-electron chi connectivity index (χ1n) is 8.77. The monoisotopic (exact) mass is 287 g/mol. The number of benzene rings is 1. The fraction of sp³-hybridized carbons (Fsp3) is 0.684. The first kappa shape index (κ1) is 14.9. The molecule has 2 heteroatoms. The van der Waals surface area contributed by atoms with E-state index in [9.17, 15) is 0 Å². The Hall–Kier alpha value is -1.02. The van der Waals surface area contributed by atoms with Crippen LogP contribution in [0.25, 0.3) is 0 Å². The van der Waals surface area contributed by atoms with Crippen molar-refractivity contribution in [2.75, 3.05) is 13.2 Å². The van der Waals surface area contributed by atoms with E-state index in [4.69, 9.17) is 4.74 Å². The minimum atomic E-state index is 0.464. The first-order valence-corrected chi connectivity index (χ1v) is 8.77. The largest absolute Gasteiger partial charge is 0.493 e. The molecule has 0 radical (unpaired) electrons. The fourth-order valence-electron chi connectivity index (χ4n) is 4.19. The van der Waals surface area contributed by atoms with Gasteiger partial charge in [-0.05, 0) is 49.6 Å². The van der Waals surface area contributed by atoms with Crippen LogP contribution in [0.5, 0.6) is 5.75 Å². The van der Waals surface area contributed by atoms with E-state index in [-0.39, 0.29) is 0 Å². The highest BCUT2D eigenvalue weighted by molar-refractivity contribution is 5.44. The summed E-state index contributed by atoms with van der Waals surface area (Å²) in [6.45, 7) is 6.53. The Morgan fingerprint density at radius 1 is 1.29 bits per heavy atom. The van der Waals surface area contributed by atoms with Crippen molar-refractivity contribution in [2.24, 2.45) is 11.8 Å². The van der Waals surface area contributed by atoms with Gasteiger partial charge in [-0.15, -0.1) is 0 Å². The second-order valence-electron chi connectivity index (χ2n) is 6.85. The fourth-order valence-corrected chi connectivity index (χ4v) is 4.19. The van der Waals surface area contributed by atoms with E-state index in [1.165, 1.54) is 49.0 Å². The molecule has 1 aromatic rings. The summed E-state index contributed by atoms with van der Waals surface area (Å²) in [5.74, 6) is 2.81. The van der Waals surface area contributed by atoms with E-state index in [1.807, 2.05) is 0 Å². The Morgan fingerprint density at radius 2 is 2.19 bits per heavy atom. The van der Waals surface area contributed by atoms with Gasteiger partial charge < -0.3 is 10.1 Å². The van der Waals surface area contributed by atoms with Gasteiger partial charge in [0, 0.05) is 11.6 Å². The molecule has 1 aliphatic carbocycles. The molecule has 116 valence electrons. The van der Waals surface area contributed by atoms with Gasteiger partial charge in [0.25, 0.3) is 0 Å². The summed E-state index contributed by atoms with van der Waals surface area (Å²) in [6.07, 6.45) is 7.81. The molecular formula is C19H29NO. The van der Waals surface area contributed by atoms with Gasteiger partial charge in [-0.3, -0.25) is 0 Å². The number of aryl methyl sites for hydroxylation is 1. The lowest BCUT2D eigenvalue weighted by Crippen LogP contribution is -2.32. The van der Waals surface area contributed by atoms with Gasteiger partial charge in [-0.25, -0.2) is 0 Å². The van der Waals surface area contributed by atoms with Crippen molar-refractivity contribution in [3.63, 3.8) is 0 Å². The highest BCUT2D eigenvalue weighted by Crippen LogP contribution is 2.41. The topological polar surface area (TPSA) is 21.3 Å². The van der Waals surface area contributed by atoms with Gasteiger partial charge in [0.15, 0.2) is 0 Å². The van der Waals surface area contributed by atoms with Crippen LogP contribution in [-0.2, 0) is 6.42 Å². The Kier molecular flexibility index (Phi) is 4.84. The molecule has 1 heterocycles. The van der Waals surface area contributed by atoms with Gasteiger partial charge >= 0.3 is 0 Å². The predicted octanol–water partition coefficient (Wildman–Crippen LogP) is 4.49. The summed E-state index contributed by atoms with van der Waals surface area (Å²) in [7, 11) is 0. The zero-order valence-electron chi connectivity index (χ0n) is 13.5. The molecule has 0 bridgehead atoms. The molecule has 1 saturated carbocycles. The normalized spacial score (nSPS) is 26.8. The molecule has 21 heavy (non-hydrogen) atoms. The molecular weight excluding hydrogens is 258 g/mol. The first-order chi connectivity index (χ1) is 10.3. The van der Waals surface area contributed by atoms with Crippen LogP contribution in [0, 0.1) is 11.8 Å². The number of hydrogen-bond acceptors (Lipinski definition) is 2. The lowest BCUT2D eigenvalue weighted by atomic mass is 9.76. The van der Waals surface area contributed by atoms with Crippen molar-refractivity contribution in [3.8, 4) is 5.75 Å². The van der Waals surface area contributed by atoms with Crippen LogP contribution in [0.3, 0.4) is 0 Å². The average molecular weight is 287 g/mol. The number of nitrogens with one attached hydrogen (secondary N) is 1. The third kappa shape index (κ3) is 3.26. The molecule has 0 spiro atoms. The van der Waals surface area contributed by atoms with E-state index in [0.717, 1.165) is 31.4 Å². The molecule has 1 aliphatic heterocycles. The maximum absolute atomic E-state index is 6.06. The maximum Gasteiger partial charge on any atom is 0.127 e. The molecule has 0 amide bonds. The Bertz CT molecular complexity index is 471. The highest BCUT2D eigenvalue weighted by atomic mass is 16.5. The van der Waals surface area contributed by atoms with Gasteiger partial charge in [-0.2, -0.15) is 0 Å². The Balaban J connectivity index is 1.90. The van der Waals surface area contributed by atoms with Crippen LogP contribution in [0.15, 0.2) is 18.2 Å². The van der Waals surface area contributed by atoms with Crippen molar-refractivity contribution in [1.29, 1.82) is 0 Å². The molecule has 1 fully saturated rings. The van der Waals surface area contributed by atoms with E-state index in [0.29, 0.717) is 6.04 Å². The van der Waals surface area contributed by atoms with Crippen LogP contribution in [-0.4, -0.2) is 13.2 Å². The minimum Gasteiger partial charge on any atom is -0.493 e. The molecule has 3 rings (SSSR count). The summed E-state index contributed by atoms with van der Waals surface area (Å²) in [4.78, 5) is 0. The van der Waals surface area contributed by atoms with E-state index >= 15 is 0 Å². The van der Waals surface area contributed by atoms with Crippen LogP contribution < -0.4 is 10.1 Å². The summed E-state index contributed by atoms with van der Waals surface area (Å²) < 4.78 is 6.06. The van der Waals surface area contributed by atoms with Crippen LogP contribution in [0.1, 0.15) is 63.1 Å². The van der Waals surface area contributed by atoms with E-state index < -0.39 is 0 Å². The molecule has 3 unspecified atom stereocenters. The maximum atomic E-state index is 6.06. The number of ether oxygens (including phenoxy) is 1. The molecule has 1 aromatic carbocycles. The summed E-state index contributed by atoms with van der Waals surface area (Å²) >= 11 is 0. The number of hydrogen-bond donors (Lipinski definition) is 1. The van der Waals surface area contributed by atoms with Crippen LogP contribution >= 0.6 is 0 Å². The minimum absolute atomic E-state index is 0.464. The molecule has 3 atom stereocenters. The van der Waals surface area contributed by atoms with Crippen LogP contribution in [0.2, 0.25) is 0 Å².